The molecule has 0 bridgehead atoms. The number of hydrogen-bond donors (Lipinski definition) is 1. The second-order valence-electron chi connectivity index (χ2n) is 6.38. The van der Waals surface area contributed by atoms with Gasteiger partial charge >= 0.3 is 0 Å². The molecule has 0 atom stereocenters. The Morgan fingerprint density at radius 2 is 1.66 bits per heavy atom. The molecule has 0 amide bonds. The number of tetrazole rings is 1. The van der Waals surface area contributed by atoms with E-state index < -0.39 is 0 Å². The van der Waals surface area contributed by atoms with Crippen molar-refractivity contribution in [3.05, 3.63) is 84.1 Å². The van der Waals surface area contributed by atoms with Gasteiger partial charge in [0.25, 0.3) is 0 Å². The molecule has 0 saturated carbocycles. The summed E-state index contributed by atoms with van der Waals surface area (Å²) < 4.78 is 1.61. The van der Waals surface area contributed by atoms with E-state index in [0.717, 1.165) is 33.4 Å². The van der Waals surface area contributed by atoms with Crippen molar-refractivity contribution in [2.75, 3.05) is 5.32 Å². The van der Waals surface area contributed by atoms with Gasteiger partial charge in [0.1, 0.15) is 12.0 Å². The maximum atomic E-state index is 5.98. The van der Waals surface area contributed by atoms with Crippen LogP contribution in [0.3, 0.4) is 0 Å². The van der Waals surface area contributed by atoms with E-state index in [2.05, 4.69) is 31.0 Å². The molecule has 29 heavy (non-hydrogen) atoms. The lowest BCUT2D eigenvalue weighted by molar-refractivity contribution is 0.789. The molecule has 8 heteroatoms. The van der Waals surface area contributed by atoms with E-state index in [4.69, 9.17) is 11.6 Å². The van der Waals surface area contributed by atoms with Crippen molar-refractivity contribution in [1.29, 1.82) is 0 Å². The van der Waals surface area contributed by atoms with Gasteiger partial charge in [-0.3, -0.25) is 0 Å². The monoisotopic (exact) mass is 399 g/mol. The third-order valence-corrected chi connectivity index (χ3v) is 4.78. The van der Waals surface area contributed by atoms with Crippen LogP contribution >= 0.6 is 11.6 Å². The number of halogens is 1. The number of nitrogens with zero attached hydrogens (tertiary/aromatic N) is 6. The fourth-order valence-corrected chi connectivity index (χ4v) is 3.28. The lowest BCUT2D eigenvalue weighted by atomic mass is 10.0. The Morgan fingerprint density at radius 3 is 2.45 bits per heavy atom. The summed E-state index contributed by atoms with van der Waals surface area (Å²) in [6.07, 6.45) is 1.56. The molecular formula is C21H14ClN7. The van der Waals surface area contributed by atoms with Crippen molar-refractivity contribution >= 4 is 33.9 Å². The molecule has 0 fully saturated rings. The number of anilines is 2. The Morgan fingerprint density at radius 1 is 0.828 bits per heavy atom. The van der Waals surface area contributed by atoms with Crippen LogP contribution in [0.2, 0.25) is 5.02 Å². The third kappa shape index (κ3) is 3.39. The van der Waals surface area contributed by atoms with Gasteiger partial charge < -0.3 is 5.32 Å². The van der Waals surface area contributed by atoms with Crippen LogP contribution in [-0.2, 0) is 0 Å². The van der Waals surface area contributed by atoms with Gasteiger partial charge in [0.05, 0.1) is 5.69 Å². The lowest BCUT2D eigenvalue weighted by Crippen LogP contribution is -2.00. The molecule has 2 heterocycles. The van der Waals surface area contributed by atoms with Crippen LogP contribution in [0.4, 0.5) is 11.5 Å². The highest BCUT2D eigenvalue weighted by Gasteiger charge is 2.12. The summed E-state index contributed by atoms with van der Waals surface area (Å²) in [7, 11) is 0. The Labute approximate surface area is 171 Å². The minimum atomic E-state index is 0.684. The molecule has 5 aromatic rings. The molecular weight excluding hydrogens is 386 g/mol. The van der Waals surface area contributed by atoms with E-state index in [0.29, 0.717) is 10.8 Å². The number of benzene rings is 3. The first-order chi connectivity index (χ1) is 14.3. The molecule has 0 spiro atoms. The van der Waals surface area contributed by atoms with Gasteiger partial charge in [-0.2, -0.15) is 0 Å². The maximum Gasteiger partial charge on any atom is 0.161 e. The van der Waals surface area contributed by atoms with Crippen molar-refractivity contribution in [1.82, 2.24) is 30.4 Å². The Hall–Kier alpha value is -3.84. The molecule has 0 unspecified atom stereocenters. The first-order valence-corrected chi connectivity index (χ1v) is 9.27. The second kappa shape index (κ2) is 7.29. The van der Waals surface area contributed by atoms with Crippen molar-refractivity contribution in [2.45, 2.75) is 0 Å². The molecule has 1 N–H and O–H groups in total. The van der Waals surface area contributed by atoms with Crippen molar-refractivity contribution in [3.63, 3.8) is 0 Å². The Balaban J connectivity index is 1.60. The van der Waals surface area contributed by atoms with Crippen LogP contribution in [0, 0.1) is 0 Å². The summed E-state index contributed by atoms with van der Waals surface area (Å²) in [5.41, 5.74) is 3.46. The van der Waals surface area contributed by atoms with Gasteiger partial charge in [0.2, 0.25) is 0 Å². The van der Waals surface area contributed by atoms with Crippen LogP contribution in [0.1, 0.15) is 0 Å². The number of rotatable bonds is 4. The molecule has 0 aliphatic carbocycles. The van der Waals surface area contributed by atoms with Gasteiger partial charge in [-0.05, 0) is 46.8 Å². The van der Waals surface area contributed by atoms with Crippen molar-refractivity contribution in [3.8, 4) is 16.9 Å². The molecule has 0 aliphatic rings. The summed E-state index contributed by atoms with van der Waals surface area (Å²) in [4.78, 5) is 0. The van der Waals surface area contributed by atoms with Gasteiger partial charge in [0, 0.05) is 27.0 Å². The Bertz CT molecular complexity index is 1280. The first-order valence-electron chi connectivity index (χ1n) is 8.90. The predicted molar refractivity (Wildman–Crippen MR) is 112 cm³/mol. The standard InChI is InChI=1S/C21H14ClN7/c22-15-8-10-16(11-9-15)24-21-19-7-2-1-6-18(19)20(25-26-21)14-4-3-5-17(12-14)29-13-23-27-28-29/h1-13H,(H,24,26). The van der Waals surface area contributed by atoms with Crippen molar-refractivity contribution < 1.29 is 0 Å². The highest BCUT2D eigenvalue weighted by atomic mass is 35.5. The molecule has 0 radical (unpaired) electrons. The summed E-state index contributed by atoms with van der Waals surface area (Å²) >= 11 is 5.98. The van der Waals surface area contributed by atoms with Crippen LogP contribution < -0.4 is 5.32 Å². The van der Waals surface area contributed by atoms with Crippen LogP contribution in [0.5, 0.6) is 0 Å². The number of nitrogens with one attached hydrogen (secondary N) is 1. The number of aromatic nitrogens is 6. The van der Waals surface area contributed by atoms with E-state index in [1.54, 1.807) is 11.0 Å². The highest BCUT2D eigenvalue weighted by Crippen LogP contribution is 2.31. The molecule has 0 saturated heterocycles. The zero-order valence-electron chi connectivity index (χ0n) is 15.1. The summed E-state index contributed by atoms with van der Waals surface area (Å²) in [5, 5.41) is 26.3. The van der Waals surface area contributed by atoms with E-state index in [1.165, 1.54) is 0 Å². The van der Waals surface area contributed by atoms with Crippen LogP contribution in [0.25, 0.3) is 27.7 Å². The fourth-order valence-electron chi connectivity index (χ4n) is 3.15. The molecule has 5 rings (SSSR count). The minimum absolute atomic E-state index is 0.684. The average Bonchev–Trinajstić information content (AvgIpc) is 3.31. The smallest absolute Gasteiger partial charge is 0.161 e. The Kier molecular flexibility index (Phi) is 4.34. The highest BCUT2D eigenvalue weighted by molar-refractivity contribution is 6.30. The molecule has 2 aromatic heterocycles. The van der Waals surface area contributed by atoms with Crippen LogP contribution in [-0.4, -0.2) is 30.4 Å². The normalized spacial score (nSPS) is 10.9. The first kappa shape index (κ1) is 17.3. The zero-order chi connectivity index (χ0) is 19.6. The summed E-state index contributed by atoms with van der Waals surface area (Å²) in [5.74, 6) is 0.684. The average molecular weight is 400 g/mol. The van der Waals surface area contributed by atoms with E-state index in [-0.39, 0.29) is 0 Å². The predicted octanol–water partition coefficient (Wildman–Crippen LogP) is 4.67. The van der Waals surface area contributed by atoms with E-state index in [9.17, 15) is 0 Å². The minimum Gasteiger partial charge on any atom is -0.338 e. The molecule has 7 nitrogen and oxygen atoms in total. The number of hydrogen-bond acceptors (Lipinski definition) is 6. The van der Waals surface area contributed by atoms with Crippen LogP contribution in [0.15, 0.2) is 79.1 Å². The largest absolute Gasteiger partial charge is 0.338 e. The number of fused-ring (bicyclic) bond motifs is 1. The van der Waals surface area contributed by atoms with Gasteiger partial charge in [-0.25, -0.2) is 4.68 Å². The van der Waals surface area contributed by atoms with E-state index in [1.807, 2.05) is 72.8 Å². The molecule has 140 valence electrons. The van der Waals surface area contributed by atoms with Gasteiger partial charge in [-0.1, -0.05) is 48.0 Å². The lowest BCUT2D eigenvalue weighted by Gasteiger charge is -2.12. The summed E-state index contributed by atoms with van der Waals surface area (Å²) in [6, 6.07) is 23.4. The third-order valence-electron chi connectivity index (χ3n) is 4.53. The SMILES string of the molecule is Clc1ccc(Nc2nnc(-c3cccc(-n4cnnn4)c3)c3ccccc23)cc1. The van der Waals surface area contributed by atoms with E-state index >= 15 is 0 Å². The quantitative estimate of drug-likeness (QED) is 0.473. The topological polar surface area (TPSA) is 81.4 Å². The van der Waals surface area contributed by atoms with Gasteiger partial charge in [-0.15, -0.1) is 15.3 Å². The van der Waals surface area contributed by atoms with Crippen molar-refractivity contribution in [2.24, 2.45) is 0 Å². The molecule has 0 aliphatic heterocycles. The molecule has 3 aromatic carbocycles. The van der Waals surface area contributed by atoms with Gasteiger partial charge in [0.15, 0.2) is 5.82 Å². The maximum absolute atomic E-state index is 5.98. The summed E-state index contributed by atoms with van der Waals surface area (Å²) in [6.45, 7) is 0. The zero-order valence-corrected chi connectivity index (χ0v) is 15.8. The fraction of sp³-hybridized carbons (Fsp3) is 0. The second-order valence-corrected chi connectivity index (χ2v) is 6.82.